The van der Waals surface area contributed by atoms with Crippen LogP contribution in [0.5, 0.6) is 0 Å². The fraction of sp³-hybridized carbons (Fsp3) is 0.900. The van der Waals surface area contributed by atoms with Gasteiger partial charge >= 0.3 is 0 Å². The van der Waals surface area contributed by atoms with Crippen LogP contribution in [0.4, 0.5) is 0 Å². The summed E-state index contributed by atoms with van der Waals surface area (Å²) in [4.78, 5) is 0. The van der Waals surface area contributed by atoms with Crippen molar-refractivity contribution < 1.29 is 20.1 Å². The summed E-state index contributed by atoms with van der Waals surface area (Å²) in [5.41, 5.74) is -1.43. The van der Waals surface area contributed by atoms with Crippen LogP contribution in [-0.2, 0) is 4.74 Å². The fourth-order valence-corrected chi connectivity index (χ4v) is 6.80. The molecular weight excluding hydrogens is 304 g/mol. The van der Waals surface area contributed by atoms with Crippen molar-refractivity contribution in [2.45, 2.75) is 76.6 Å². The molecule has 0 bridgehead atoms. The summed E-state index contributed by atoms with van der Waals surface area (Å²) >= 11 is 0. The highest BCUT2D eigenvalue weighted by molar-refractivity contribution is 5.16. The van der Waals surface area contributed by atoms with Crippen molar-refractivity contribution in [2.75, 3.05) is 13.2 Å². The average Bonchev–Trinajstić information content (AvgIpc) is 2.53. The summed E-state index contributed by atoms with van der Waals surface area (Å²) in [5, 5.41) is 31.0. The lowest BCUT2D eigenvalue weighted by atomic mass is 9.43. The maximum atomic E-state index is 11.1. The second-order valence-corrected chi connectivity index (χ2v) is 9.35. The molecule has 0 unspecified atom stereocenters. The van der Waals surface area contributed by atoms with Gasteiger partial charge in [0.1, 0.15) is 5.60 Å². The van der Waals surface area contributed by atoms with Gasteiger partial charge in [0.05, 0.1) is 18.3 Å². The molecule has 4 nitrogen and oxygen atoms in total. The van der Waals surface area contributed by atoms with E-state index in [9.17, 15) is 15.3 Å². The molecule has 1 saturated heterocycles. The van der Waals surface area contributed by atoms with Gasteiger partial charge in [0.2, 0.25) is 0 Å². The summed E-state index contributed by atoms with van der Waals surface area (Å²) in [7, 11) is 0. The molecule has 3 aliphatic rings. The zero-order chi connectivity index (χ0) is 17.8. The minimum atomic E-state index is -0.691. The molecule has 24 heavy (non-hydrogen) atoms. The van der Waals surface area contributed by atoms with E-state index in [1.54, 1.807) is 6.08 Å². The van der Waals surface area contributed by atoms with Gasteiger partial charge in [-0.2, -0.15) is 0 Å². The van der Waals surface area contributed by atoms with Crippen LogP contribution < -0.4 is 0 Å². The standard InChI is InChI=1S/C20H34O4/c1-5-20(13-22)10-7-15-18(3)9-6-8-17(2,12-21)16(18)14(23)11-19(15,4)24-20/h5,14-16,21-23H,1,6-13H2,2-4H3/t14-,15+,16-,17-,18+,19+,20+/m1/s1. The number of fused-ring (bicyclic) bond motifs is 3. The molecule has 3 rings (SSSR count). The Morgan fingerprint density at radius 1 is 1.12 bits per heavy atom. The van der Waals surface area contributed by atoms with Crippen molar-refractivity contribution in [1.82, 2.24) is 0 Å². The van der Waals surface area contributed by atoms with Gasteiger partial charge in [0.15, 0.2) is 0 Å². The predicted octanol–water partition coefficient (Wildman–Crippen LogP) is 2.66. The Kier molecular flexibility index (Phi) is 4.44. The van der Waals surface area contributed by atoms with Gasteiger partial charge in [0.25, 0.3) is 0 Å². The van der Waals surface area contributed by atoms with E-state index in [0.717, 1.165) is 32.1 Å². The Morgan fingerprint density at radius 3 is 2.42 bits per heavy atom. The van der Waals surface area contributed by atoms with Crippen LogP contribution in [0.3, 0.4) is 0 Å². The van der Waals surface area contributed by atoms with Crippen LogP contribution in [0, 0.1) is 22.7 Å². The normalized spacial score (nSPS) is 54.7. The first-order valence-electron chi connectivity index (χ1n) is 9.42. The maximum Gasteiger partial charge on any atom is 0.110 e. The van der Waals surface area contributed by atoms with Crippen molar-refractivity contribution in [3.05, 3.63) is 12.7 Å². The Balaban J connectivity index is 2.00. The smallest absolute Gasteiger partial charge is 0.110 e. The van der Waals surface area contributed by atoms with Crippen LogP contribution in [0.15, 0.2) is 12.7 Å². The third-order valence-electron chi connectivity index (χ3n) is 7.75. The quantitative estimate of drug-likeness (QED) is 0.692. The van der Waals surface area contributed by atoms with Crippen LogP contribution in [0.1, 0.15) is 59.3 Å². The Bertz CT molecular complexity index is 508. The zero-order valence-electron chi connectivity index (χ0n) is 15.4. The van der Waals surface area contributed by atoms with Crippen LogP contribution in [0.2, 0.25) is 0 Å². The largest absolute Gasteiger partial charge is 0.396 e. The van der Waals surface area contributed by atoms with Gasteiger partial charge in [-0.05, 0) is 55.3 Å². The van der Waals surface area contributed by atoms with Crippen molar-refractivity contribution in [3.8, 4) is 0 Å². The van der Waals surface area contributed by atoms with E-state index in [0.29, 0.717) is 12.3 Å². The highest BCUT2D eigenvalue weighted by Crippen LogP contribution is 2.65. The van der Waals surface area contributed by atoms with Gasteiger partial charge < -0.3 is 20.1 Å². The van der Waals surface area contributed by atoms with E-state index in [1.807, 2.05) is 0 Å². The van der Waals surface area contributed by atoms with E-state index in [-0.39, 0.29) is 30.0 Å². The predicted molar refractivity (Wildman–Crippen MR) is 93.5 cm³/mol. The molecule has 3 N–H and O–H groups in total. The van der Waals surface area contributed by atoms with Crippen LogP contribution >= 0.6 is 0 Å². The highest BCUT2D eigenvalue weighted by atomic mass is 16.5. The molecule has 2 saturated carbocycles. The van der Waals surface area contributed by atoms with Gasteiger partial charge in [0, 0.05) is 13.0 Å². The van der Waals surface area contributed by atoms with E-state index in [1.165, 1.54) is 0 Å². The van der Waals surface area contributed by atoms with E-state index >= 15 is 0 Å². The summed E-state index contributed by atoms with van der Waals surface area (Å²) < 4.78 is 6.46. The Morgan fingerprint density at radius 2 is 1.83 bits per heavy atom. The molecule has 0 aromatic carbocycles. The molecule has 3 fully saturated rings. The molecule has 2 aliphatic carbocycles. The van der Waals surface area contributed by atoms with Crippen LogP contribution in [0.25, 0.3) is 0 Å². The van der Waals surface area contributed by atoms with Crippen molar-refractivity contribution in [3.63, 3.8) is 0 Å². The third-order valence-corrected chi connectivity index (χ3v) is 7.75. The number of aliphatic hydroxyl groups is 3. The van der Waals surface area contributed by atoms with Gasteiger partial charge in [-0.25, -0.2) is 0 Å². The number of aliphatic hydroxyl groups excluding tert-OH is 3. The van der Waals surface area contributed by atoms with E-state index < -0.39 is 17.3 Å². The second-order valence-electron chi connectivity index (χ2n) is 9.35. The topological polar surface area (TPSA) is 69.9 Å². The minimum Gasteiger partial charge on any atom is -0.396 e. The van der Waals surface area contributed by atoms with Crippen molar-refractivity contribution in [2.24, 2.45) is 22.7 Å². The minimum absolute atomic E-state index is 0.0507. The lowest BCUT2D eigenvalue weighted by Gasteiger charge is -2.66. The summed E-state index contributed by atoms with van der Waals surface area (Å²) in [6, 6.07) is 0. The molecule has 0 amide bonds. The lowest BCUT2D eigenvalue weighted by molar-refractivity contribution is -0.288. The molecule has 0 radical (unpaired) electrons. The number of ether oxygens (including phenoxy) is 1. The zero-order valence-corrected chi connectivity index (χ0v) is 15.4. The lowest BCUT2D eigenvalue weighted by Crippen LogP contribution is -2.68. The molecule has 0 aromatic heterocycles. The summed E-state index contributed by atoms with van der Waals surface area (Å²) in [6.45, 7) is 10.5. The van der Waals surface area contributed by atoms with Crippen molar-refractivity contribution in [1.29, 1.82) is 0 Å². The SMILES string of the molecule is C=C[C@@]1(CO)CC[C@H]2[C@]3(C)CCC[C@](C)(CO)[C@H]3[C@H](O)C[C@]2(C)O1. The Hall–Kier alpha value is -0.420. The van der Waals surface area contributed by atoms with Gasteiger partial charge in [-0.15, -0.1) is 6.58 Å². The van der Waals surface area contributed by atoms with E-state index in [2.05, 4.69) is 27.4 Å². The number of rotatable bonds is 3. The first-order chi connectivity index (χ1) is 11.2. The van der Waals surface area contributed by atoms with Crippen molar-refractivity contribution >= 4 is 0 Å². The first-order valence-corrected chi connectivity index (χ1v) is 9.42. The molecular formula is C20H34O4. The average molecular weight is 338 g/mol. The molecule has 1 aliphatic heterocycles. The summed E-state index contributed by atoms with van der Waals surface area (Å²) in [5.74, 6) is 0.417. The summed E-state index contributed by atoms with van der Waals surface area (Å²) in [6.07, 6.45) is 6.64. The monoisotopic (exact) mass is 338 g/mol. The second kappa shape index (κ2) is 5.80. The van der Waals surface area contributed by atoms with Gasteiger partial charge in [-0.1, -0.05) is 26.3 Å². The molecule has 138 valence electrons. The highest BCUT2D eigenvalue weighted by Gasteiger charge is 2.65. The van der Waals surface area contributed by atoms with Crippen LogP contribution in [-0.4, -0.2) is 45.8 Å². The molecule has 0 aromatic rings. The third kappa shape index (κ3) is 2.41. The van der Waals surface area contributed by atoms with Gasteiger partial charge in [-0.3, -0.25) is 0 Å². The first kappa shape index (κ1) is 18.4. The maximum absolute atomic E-state index is 11.1. The number of hydrogen-bond donors (Lipinski definition) is 3. The molecule has 1 heterocycles. The fourth-order valence-electron chi connectivity index (χ4n) is 6.80. The Labute approximate surface area is 145 Å². The molecule has 4 heteroatoms. The number of hydrogen-bond acceptors (Lipinski definition) is 4. The molecule has 0 spiro atoms. The van der Waals surface area contributed by atoms with E-state index in [4.69, 9.17) is 4.74 Å². The molecule has 7 atom stereocenters.